The van der Waals surface area contributed by atoms with Gasteiger partial charge in [-0.2, -0.15) is 0 Å². The van der Waals surface area contributed by atoms with Crippen LogP contribution in [0.5, 0.6) is 0 Å². The zero-order valence-corrected chi connectivity index (χ0v) is 12.9. The molecule has 4 nitrogen and oxygen atoms in total. The molecule has 19 heavy (non-hydrogen) atoms. The Morgan fingerprint density at radius 2 is 2.11 bits per heavy atom. The fraction of sp³-hybridized carbons (Fsp3) is 0.500. The van der Waals surface area contributed by atoms with Crippen LogP contribution in [0.15, 0.2) is 29.0 Å². The zero-order valence-electron chi connectivity index (χ0n) is 11.4. The molecule has 2 aromatic heterocycles. The summed E-state index contributed by atoms with van der Waals surface area (Å²) < 4.78 is 3.08. The van der Waals surface area contributed by atoms with E-state index in [-0.39, 0.29) is 0 Å². The molecule has 0 atom stereocenters. The number of hydrogen-bond donors (Lipinski definition) is 2. The molecular formula is C14H20BrN3O. The predicted molar refractivity (Wildman–Crippen MR) is 80.1 cm³/mol. The Balaban J connectivity index is 2.04. The topological polar surface area (TPSA) is 49.6 Å². The monoisotopic (exact) mass is 325 g/mol. The number of nitrogens with zero attached hydrogens (tertiary/aromatic N) is 2. The van der Waals surface area contributed by atoms with Gasteiger partial charge in [-0.05, 0) is 40.9 Å². The lowest BCUT2D eigenvalue weighted by atomic mass is 9.98. The lowest BCUT2D eigenvalue weighted by Gasteiger charge is -2.25. The molecule has 0 aliphatic carbocycles. The third-order valence-corrected chi connectivity index (χ3v) is 4.09. The van der Waals surface area contributed by atoms with Crippen LogP contribution in [0.3, 0.4) is 0 Å². The largest absolute Gasteiger partial charge is 0.389 e. The molecule has 0 saturated heterocycles. The maximum atomic E-state index is 10.2. The molecule has 104 valence electrons. The van der Waals surface area contributed by atoms with E-state index in [1.165, 1.54) is 0 Å². The molecule has 0 aliphatic heterocycles. The Bertz CT molecular complexity index is 549. The molecule has 0 amide bonds. The second-order valence-corrected chi connectivity index (χ2v) is 5.78. The maximum absolute atomic E-state index is 10.2. The Morgan fingerprint density at radius 3 is 2.79 bits per heavy atom. The van der Waals surface area contributed by atoms with Gasteiger partial charge in [0.2, 0.25) is 0 Å². The average molecular weight is 326 g/mol. The van der Waals surface area contributed by atoms with Crippen molar-refractivity contribution in [1.82, 2.24) is 14.7 Å². The highest BCUT2D eigenvalue weighted by molar-refractivity contribution is 9.10. The van der Waals surface area contributed by atoms with Crippen LogP contribution in [0, 0.1) is 0 Å². The summed E-state index contributed by atoms with van der Waals surface area (Å²) in [6.07, 6.45) is 5.39. The molecule has 0 saturated carbocycles. The molecule has 0 bridgehead atoms. The first kappa shape index (κ1) is 14.5. The predicted octanol–water partition coefficient (Wildman–Crippen LogP) is 2.74. The number of nitrogens with one attached hydrogen (secondary N) is 1. The summed E-state index contributed by atoms with van der Waals surface area (Å²) in [6, 6.07) is 3.95. The Kier molecular flexibility index (Phi) is 4.60. The SMILES string of the molecule is CCC(O)(CC)CNCc1cnc2ccc(Br)cn12. The van der Waals surface area contributed by atoms with Crippen molar-refractivity contribution in [1.29, 1.82) is 0 Å². The Labute approximate surface area is 122 Å². The number of pyridine rings is 1. The number of hydrogen-bond acceptors (Lipinski definition) is 3. The van der Waals surface area contributed by atoms with Gasteiger partial charge in [0, 0.05) is 23.8 Å². The summed E-state index contributed by atoms with van der Waals surface area (Å²) in [7, 11) is 0. The van der Waals surface area contributed by atoms with E-state index in [0.717, 1.165) is 28.7 Å². The molecule has 0 fully saturated rings. The molecule has 2 N–H and O–H groups in total. The number of aromatic nitrogens is 2. The summed E-state index contributed by atoms with van der Waals surface area (Å²) in [6.45, 7) is 5.31. The second-order valence-electron chi connectivity index (χ2n) is 4.86. The van der Waals surface area contributed by atoms with E-state index in [1.807, 2.05) is 42.8 Å². The summed E-state index contributed by atoms with van der Waals surface area (Å²) in [5, 5.41) is 13.5. The van der Waals surface area contributed by atoms with Gasteiger partial charge in [-0.25, -0.2) is 4.98 Å². The third-order valence-electron chi connectivity index (χ3n) is 3.62. The normalized spacial score (nSPS) is 12.2. The van der Waals surface area contributed by atoms with Crippen LogP contribution in [0.4, 0.5) is 0 Å². The first-order valence-electron chi connectivity index (χ1n) is 6.62. The van der Waals surface area contributed by atoms with Gasteiger partial charge in [0.15, 0.2) is 0 Å². The number of halogens is 1. The van der Waals surface area contributed by atoms with E-state index in [0.29, 0.717) is 13.1 Å². The summed E-state index contributed by atoms with van der Waals surface area (Å²) in [5.74, 6) is 0. The first-order chi connectivity index (χ1) is 9.08. The lowest BCUT2D eigenvalue weighted by molar-refractivity contribution is 0.0322. The highest BCUT2D eigenvalue weighted by Gasteiger charge is 2.21. The minimum Gasteiger partial charge on any atom is -0.389 e. The van der Waals surface area contributed by atoms with E-state index < -0.39 is 5.60 Å². The quantitative estimate of drug-likeness (QED) is 0.858. The summed E-state index contributed by atoms with van der Waals surface area (Å²) >= 11 is 3.46. The number of rotatable bonds is 6. The van der Waals surface area contributed by atoms with Gasteiger partial charge in [0.1, 0.15) is 5.65 Å². The molecule has 2 heterocycles. The fourth-order valence-corrected chi connectivity index (χ4v) is 2.40. The van der Waals surface area contributed by atoms with Gasteiger partial charge in [0.25, 0.3) is 0 Å². The highest BCUT2D eigenvalue weighted by atomic mass is 79.9. The molecule has 0 radical (unpaired) electrons. The molecular weight excluding hydrogens is 306 g/mol. The molecule has 0 aromatic carbocycles. The van der Waals surface area contributed by atoms with Crippen LogP contribution in [-0.2, 0) is 6.54 Å². The molecule has 0 spiro atoms. The van der Waals surface area contributed by atoms with Gasteiger partial charge >= 0.3 is 0 Å². The van der Waals surface area contributed by atoms with Crippen molar-refractivity contribution in [2.45, 2.75) is 38.8 Å². The summed E-state index contributed by atoms with van der Waals surface area (Å²) in [5.41, 5.74) is 1.41. The van der Waals surface area contributed by atoms with Crippen LogP contribution in [-0.4, -0.2) is 26.6 Å². The first-order valence-corrected chi connectivity index (χ1v) is 7.42. The van der Waals surface area contributed by atoms with Crippen LogP contribution in [0.1, 0.15) is 32.4 Å². The second kappa shape index (κ2) is 6.03. The smallest absolute Gasteiger partial charge is 0.136 e. The summed E-state index contributed by atoms with van der Waals surface area (Å²) in [4.78, 5) is 4.35. The van der Waals surface area contributed by atoms with E-state index in [1.54, 1.807) is 0 Å². The Hall–Kier alpha value is -0.910. The number of aliphatic hydroxyl groups is 1. The van der Waals surface area contributed by atoms with E-state index >= 15 is 0 Å². The van der Waals surface area contributed by atoms with Crippen LogP contribution < -0.4 is 5.32 Å². The van der Waals surface area contributed by atoms with Gasteiger partial charge in [-0.15, -0.1) is 0 Å². The standard InChI is InChI=1S/C14H20BrN3O/c1-3-14(19,4-2)10-16-7-12-8-17-13-6-5-11(15)9-18(12)13/h5-6,8-9,16,19H,3-4,7,10H2,1-2H3. The van der Waals surface area contributed by atoms with Crippen molar-refractivity contribution in [3.8, 4) is 0 Å². The molecule has 0 unspecified atom stereocenters. The lowest BCUT2D eigenvalue weighted by Crippen LogP contribution is -2.39. The van der Waals surface area contributed by atoms with Gasteiger partial charge in [0.05, 0.1) is 17.5 Å². The molecule has 5 heteroatoms. The number of imidazole rings is 1. The Morgan fingerprint density at radius 1 is 1.37 bits per heavy atom. The maximum Gasteiger partial charge on any atom is 0.136 e. The van der Waals surface area contributed by atoms with E-state index in [9.17, 15) is 5.11 Å². The van der Waals surface area contributed by atoms with Gasteiger partial charge < -0.3 is 14.8 Å². The van der Waals surface area contributed by atoms with Crippen molar-refractivity contribution >= 4 is 21.6 Å². The van der Waals surface area contributed by atoms with Crippen molar-refractivity contribution in [2.75, 3.05) is 6.54 Å². The van der Waals surface area contributed by atoms with Crippen molar-refractivity contribution in [3.63, 3.8) is 0 Å². The van der Waals surface area contributed by atoms with Crippen LogP contribution >= 0.6 is 15.9 Å². The zero-order chi connectivity index (χ0) is 13.9. The molecule has 0 aliphatic rings. The highest BCUT2D eigenvalue weighted by Crippen LogP contribution is 2.15. The van der Waals surface area contributed by atoms with Crippen molar-refractivity contribution < 1.29 is 5.11 Å². The van der Waals surface area contributed by atoms with Crippen molar-refractivity contribution in [2.24, 2.45) is 0 Å². The number of fused-ring (bicyclic) bond motifs is 1. The molecule has 2 rings (SSSR count). The minimum absolute atomic E-state index is 0.598. The van der Waals surface area contributed by atoms with Gasteiger partial charge in [-0.1, -0.05) is 13.8 Å². The molecule has 2 aromatic rings. The van der Waals surface area contributed by atoms with E-state index in [2.05, 4.69) is 26.2 Å². The third kappa shape index (κ3) is 3.35. The fourth-order valence-electron chi connectivity index (χ4n) is 2.06. The van der Waals surface area contributed by atoms with Crippen molar-refractivity contribution in [3.05, 3.63) is 34.7 Å². The van der Waals surface area contributed by atoms with Crippen LogP contribution in [0.2, 0.25) is 0 Å². The van der Waals surface area contributed by atoms with Crippen LogP contribution in [0.25, 0.3) is 5.65 Å². The average Bonchev–Trinajstić information content (AvgIpc) is 2.81. The minimum atomic E-state index is -0.610. The van der Waals surface area contributed by atoms with Gasteiger partial charge in [-0.3, -0.25) is 0 Å². The van der Waals surface area contributed by atoms with E-state index in [4.69, 9.17) is 0 Å².